The van der Waals surface area contributed by atoms with Gasteiger partial charge in [0.15, 0.2) is 5.90 Å². The van der Waals surface area contributed by atoms with Crippen LogP contribution in [0.15, 0.2) is 77.9 Å². The Hall–Kier alpha value is -2.09. The van der Waals surface area contributed by atoms with Crippen LogP contribution in [-0.2, 0) is 4.74 Å². The van der Waals surface area contributed by atoms with Crippen LogP contribution >= 0.6 is 0 Å². The largest absolute Gasteiger partial charge is 0.478 e. The Bertz CT molecular complexity index is 658. The lowest BCUT2D eigenvalue weighted by atomic mass is 10.1. The summed E-state index contributed by atoms with van der Waals surface area (Å²) in [4.78, 5) is 4.59. The lowest BCUT2D eigenvalue weighted by molar-refractivity contribution is 0.273. The zero-order valence-corrected chi connectivity index (χ0v) is 21.0. The van der Waals surface area contributed by atoms with Gasteiger partial charge in [-0.2, -0.15) is 0 Å². The van der Waals surface area contributed by atoms with Gasteiger partial charge in [0.05, 0.1) is 5.54 Å². The Kier molecular flexibility index (Phi) is 17.1. The molecule has 0 fully saturated rings. The van der Waals surface area contributed by atoms with Crippen LogP contribution in [0.25, 0.3) is 0 Å². The zero-order valence-electron chi connectivity index (χ0n) is 21.0. The molecule has 32 heavy (non-hydrogen) atoms. The average molecular weight is 438 g/mol. The van der Waals surface area contributed by atoms with Gasteiger partial charge < -0.3 is 4.74 Å². The van der Waals surface area contributed by atoms with Gasteiger partial charge in [-0.25, -0.2) is 4.99 Å². The molecule has 0 N–H and O–H groups in total. The van der Waals surface area contributed by atoms with Gasteiger partial charge in [0.1, 0.15) is 6.61 Å². The minimum atomic E-state index is -0.0243. The molecule has 0 aromatic rings. The van der Waals surface area contributed by atoms with Crippen LogP contribution in [0.2, 0.25) is 0 Å². The van der Waals surface area contributed by atoms with E-state index in [0.717, 1.165) is 63.9 Å². The molecule has 1 heterocycles. The topological polar surface area (TPSA) is 21.6 Å². The van der Waals surface area contributed by atoms with Crippen LogP contribution in [0, 0.1) is 0 Å². The summed E-state index contributed by atoms with van der Waals surface area (Å²) in [6, 6.07) is 0. The van der Waals surface area contributed by atoms with Gasteiger partial charge in [0.2, 0.25) is 0 Å². The van der Waals surface area contributed by atoms with Crippen molar-refractivity contribution in [2.45, 2.75) is 103 Å². The van der Waals surface area contributed by atoms with Crippen LogP contribution in [0.5, 0.6) is 0 Å². The molecule has 0 bridgehead atoms. The molecule has 0 saturated carbocycles. The molecule has 0 saturated heterocycles. The smallest absolute Gasteiger partial charge is 0.183 e. The molecule has 0 amide bonds. The third kappa shape index (κ3) is 17.6. The molecule has 1 aliphatic rings. The molecule has 178 valence electrons. The quantitative estimate of drug-likeness (QED) is 0.119. The van der Waals surface area contributed by atoms with Crippen molar-refractivity contribution in [3.8, 4) is 0 Å². The van der Waals surface area contributed by atoms with Gasteiger partial charge >= 0.3 is 0 Å². The first-order valence-corrected chi connectivity index (χ1v) is 12.8. The number of aliphatic imine (C=N–C) groups is 1. The predicted molar refractivity (Wildman–Crippen MR) is 143 cm³/mol. The van der Waals surface area contributed by atoms with E-state index in [4.69, 9.17) is 4.74 Å². The molecule has 2 heteroatoms. The monoisotopic (exact) mass is 437 g/mol. The summed E-state index contributed by atoms with van der Waals surface area (Å²) in [5.74, 6) is 0.934. The zero-order chi connectivity index (χ0) is 23.2. The standard InChI is InChI=1S/C30H47NO/c1-4-5-6-7-8-9-10-11-12-13-14-15-16-17-18-19-20-21-22-23-24-25-26-27-29-31-30(2,3)28-32-29/h8-9,11-12,14-17,20-21,23-24H,4-7,10,13,18-19,22,25-28H2,1-3H3/b9-8-,12-11-,15-14-,17-16-,21-20-,24-23-. The summed E-state index contributed by atoms with van der Waals surface area (Å²) in [5.41, 5.74) is -0.0243. The molecule has 0 atom stereocenters. The second-order valence-corrected chi connectivity index (χ2v) is 9.02. The first-order valence-electron chi connectivity index (χ1n) is 12.8. The molecule has 1 aliphatic heterocycles. The van der Waals surface area contributed by atoms with Crippen LogP contribution in [-0.4, -0.2) is 18.0 Å². The van der Waals surface area contributed by atoms with Crippen molar-refractivity contribution in [3.63, 3.8) is 0 Å². The number of rotatable bonds is 18. The fourth-order valence-electron chi connectivity index (χ4n) is 3.27. The Morgan fingerprint density at radius 2 is 1.25 bits per heavy atom. The third-order valence-corrected chi connectivity index (χ3v) is 5.12. The van der Waals surface area contributed by atoms with Gasteiger partial charge in [-0.05, 0) is 71.6 Å². The van der Waals surface area contributed by atoms with Crippen LogP contribution < -0.4 is 0 Å². The van der Waals surface area contributed by atoms with Crippen LogP contribution in [0.1, 0.15) is 97.8 Å². The van der Waals surface area contributed by atoms with Crippen molar-refractivity contribution in [2.75, 3.05) is 6.61 Å². The van der Waals surface area contributed by atoms with Crippen molar-refractivity contribution in [3.05, 3.63) is 72.9 Å². The lowest BCUT2D eigenvalue weighted by Crippen LogP contribution is -2.17. The van der Waals surface area contributed by atoms with Gasteiger partial charge in [0, 0.05) is 6.42 Å². The highest BCUT2D eigenvalue weighted by atomic mass is 16.5. The van der Waals surface area contributed by atoms with E-state index in [9.17, 15) is 0 Å². The average Bonchev–Trinajstić information content (AvgIpc) is 3.12. The number of hydrogen-bond acceptors (Lipinski definition) is 2. The van der Waals surface area contributed by atoms with E-state index in [1.807, 2.05) is 0 Å². The Morgan fingerprint density at radius 3 is 1.91 bits per heavy atom. The summed E-state index contributed by atoms with van der Waals surface area (Å²) in [5, 5.41) is 0. The van der Waals surface area contributed by atoms with E-state index in [1.165, 1.54) is 25.7 Å². The summed E-state index contributed by atoms with van der Waals surface area (Å²) >= 11 is 0. The van der Waals surface area contributed by atoms with Crippen molar-refractivity contribution >= 4 is 5.90 Å². The summed E-state index contributed by atoms with van der Waals surface area (Å²) < 4.78 is 5.62. The maximum atomic E-state index is 5.62. The number of allylic oxidation sites excluding steroid dienone is 12. The number of nitrogens with zero attached hydrogens (tertiary/aromatic N) is 1. The van der Waals surface area contributed by atoms with E-state index in [0.29, 0.717) is 0 Å². The molecule has 0 spiro atoms. The normalized spacial score (nSPS) is 16.7. The van der Waals surface area contributed by atoms with E-state index >= 15 is 0 Å². The van der Waals surface area contributed by atoms with Gasteiger partial charge in [-0.15, -0.1) is 0 Å². The maximum Gasteiger partial charge on any atom is 0.183 e. The maximum absolute atomic E-state index is 5.62. The number of hydrogen-bond donors (Lipinski definition) is 0. The fraction of sp³-hybridized carbons (Fsp3) is 0.567. The fourth-order valence-corrected chi connectivity index (χ4v) is 3.27. The molecule has 0 aromatic carbocycles. The van der Waals surface area contributed by atoms with Gasteiger partial charge in [-0.3, -0.25) is 0 Å². The van der Waals surface area contributed by atoms with E-state index in [1.54, 1.807) is 0 Å². The molecule has 2 nitrogen and oxygen atoms in total. The second kappa shape index (κ2) is 19.6. The van der Waals surface area contributed by atoms with Crippen molar-refractivity contribution in [1.29, 1.82) is 0 Å². The molecule has 0 radical (unpaired) electrons. The minimum Gasteiger partial charge on any atom is -0.478 e. The van der Waals surface area contributed by atoms with E-state index in [2.05, 4.69) is 98.7 Å². The lowest BCUT2D eigenvalue weighted by Gasteiger charge is -2.07. The molecular weight excluding hydrogens is 390 g/mol. The van der Waals surface area contributed by atoms with Crippen molar-refractivity contribution in [2.24, 2.45) is 4.99 Å². The third-order valence-electron chi connectivity index (χ3n) is 5.12. The highest BCUT2D eigenvalue weighted by Crippen LogP contribution is 2.19. The van der Waals surface area contributed by atoms with Crippen molar-refractivity contribution in [1.82, 2.24) is 0 Å². The molecular formula is C30H47NO. The Labute approximate surface area is 198 Å². The SMILES string of the molecule is CCCCC/C=C\C/C=C\C/C=C\C=C/CC/C=C\C/C=C\CCCC1=NC(C)(C)CO1. The first-order chi connectivity index (χ1) is 15.6. The highest BCUT2D eigenvalue weighted by molar-refractivity contribution is 5.78. The summed E-state index contributed by atoms with van der Waals surface area (Å²) in [6.45, 7) is 7.21. The predicted octanol–water partition coefficient (Wildman–Crippen LogP) is 9.23. The van der Waals surface area contributed by atoms with Crippen LogP contribution in [0.4, 0.5) is 0 Å². The molecule has 0 unspecified atom stereocenters. The Balaban J connectivity index is 1.92. The van der Waals surface area contributed by atoms with Gasteiger partial charge in [0.25, 0.3) is 0 Å². The molecule has 0 aliphatic carbocycles. The number of ether oxygens (including phenoxy) is 1. The van der Waals surface area contributed by atoms with Crippen molar-refractivity contribution < 1.29 is 4.74 Å². The summed E-state index contributed by atoms with van der Waals surface area (Å²) in [6.07, 6.45) is 40.6. The number of unbranched alkanes of at least 4 members (excludes halogenated alkanes) is 5. The highest BCUT2D eigenvalue weighted by Gasteiger charge is 2.25. The second-order valence-electron chi connectivity index (χ2n) is 9.02. The van der Waals surface area contributed by atoms with Crippen LogP contribution in [0.3, 0.4) is 0 Å². The Morgan fingerprint density at radius 1 is 0.688 bits per heavy atom. The first kappa shape index (κ1) is 27.9. The van der Waals surface area contributed by atoms with E-state index < -0.39 is 0 Å². The molecule has 0 aromatic heterocycles. The van der Waals surface area contributed by atoms with E-state index in [-0.39, 0.29) is 5.54 Å². The summed E-state index contributed by atoms with van der Waals surface area (Å²) in [7, 11) is 0. The minimum absolute atomic E-state index is 0.0243. The van der Waals surface area contributed by atoms with Gasteiger partial charge in [-0.1, -0.05) is 92.7 Å². The molecule has 1 rings (SSSR count).